The minimum absolute atomic E-state index is 0.896. The van der Waals surface area contributed by atoms with Crippen LogP contribution in [0.4, 0.5) is 0 Å². The average molecular weight is 166 g/mol. The summed E-state index contributed by atoms with van der Waals surface area (Å²) >= 11 is 0. The molecule has 0 N–H and O–H groups in total. The Morgan fingerprint density at radius 3 is 2.50 bits per heavy atom. The predicted molar refractivity (Wildman–Crippen MR) is 55.2 cm³/mol. The molecule has 1 aliphatic rings. The maximum atomic E-state index is 2.37. The standard InChI is InChI=1S/C12H22/c1-4-10(2)9-12-8-6-5-7-11(12)3/h10H,4-9H2,1-3H3. The van der Waals surface area contributed by atoms with Crippen LogP contribution in [0.3, 0.4) is 0 Å². The van der Waals surface area contributed by atoms with Gasteiger partial charge < -0.3 is 0 Å². The molecule has 0 heterocycles. The van der Waals surface area contributed by atoms with E-state index < -0.39 is 0 Å². The maximum Gasteiger partial charge on any atom is -0.0292 e. The molecule has 1 rings (SSSR count). The number of hydrogen-bond acceptors (Lipinski definition) is 0. The third-order valence-electron chi connectivity index (χ3n) is 3.18. The first-order chi connectivity index (χ1) is 5.74. The first-order valence-electron chi connectivity index (χ1n) is 5.41. The second-order valence-electron chi connectivity index (χ2n) is 4.31. The summed E-state index contributed by atoms with van der Waals surface area (Å²) in [6, 6.07) is 0. The molecule has 0 saturated carbocycles. The fourth-order valence-corrected chi connectivity index (χ4v) is 1.96. The minimum atomic E-state index is 0.896. The van der Waals surface area contributed by atoms with E-state index in [2.05, 4.69) is 20.8 Å². The minimum Gasteiger partial charge on any atom is -0.0741 e. The van der Waals surface area contributed by atoms with Gasteiger partial charge in [0.2, 0.25) is 0 Å². The third-order valence-corrected chi connectivity index (χ3v) is 3.18. The highest BCUT2D eigenvalue weighted by atomic mass is 14.2. The summed E-state index contributed by atoms with van der Waals surface area (Å²) in [6.45, 7) is 7.00. The summed E-state index contributed by atoms with van der Waals surface area (Å²) in [4.78, 5) is 0. The number of allylic oxidation sites excluding steroid dienone is 2. The van der Waals surface area contributed by atoms with Crippen molar-refractivity contribution in [3.63, 3.8) is 0 Å². The highest BCUT2D eigenvalue weighted by molar-refractivity contribution is 5.15. The fourth-order valence-electron chi connectivity index (χ4n) is 1.96. The lowest BCUT2D eigenvalue weighted by molar-refractivity contribution is 0.524. The smallest absolute Gasteiger partial charge is 0.0292 e. The predicted octanol–water partition coefficient (Wildman–Crippen LogP) is 4.31. The van der Waals surface area contributed by atoms with Gasteiger partial charge in [-0.05, 0) is 44.9 Å². The summed E-state index contributed by atoms with van der Waals surface area (Å²) in [5, 5.41) is 0. The molecule has 1 atom stereocenters. The summed E-state index contributed by atoms with van der Waals surface area (Å²) in [5.74, 6) is 0.896. The van der Waals surface area contributed by atoms with Crippen molar-refractivity contribution in [1.29, 1.82) is 0 Å². The number of rotatable bonds is 3. The zero-order chi connectivity index (χ0) is 8.97. The fraction of sp³-hybridized carbons (Fsp3) is 0.833. The Labute approximate surface area is 77.1 Å². The molecule has 0 aromatic carbocycles. The van der Waals surface area contributed by atoms with E-state index in [0.717, 1.165) is 5.92 Å². The lowest BCUT2D eigenvalue weighted by atomic mass is 9.86. The van der Waals surface area contributed by atoms with E-state index in [4.69, 9.17) is 0 Å². The quantitative estimate of drug-likeness (QED) is 0.548. The van der Waals surface area contributed by atoms with Crippen LogP contribution in [0.5, 0.6) is 0 Å². The van der Waals surface area contributed by atoms with E-state index >= 15 is 0 Å². The van der Waals surface area contributed by atoms with E-state index in [9.17, 15) is 0 Å². The SMILES string of the molecule is CCC(C)CC1=C(C)CCCC1. The monoisotopic (exact) mass is 166 g/mol. The van der Waals surface area contributed by atoms with Gasteiger partial charge in [-0.15, -0.1) is 0 Å². The molecule has 0 heteroatoms. The molecule has 0 radical (unpaired) electrons. The Hall–Kier alpha value is -0.260. The van der Waals surface area contributed by atoms with E-state index in [1.807, 2.05) is 0 Å². The molecule has 0 amide bonds. The van der Waals surface area contributed by atoms with Gasteiger partial charge in [-0.2, -0.15) is 0 Å². The second kappa shape index (κ2) is 4.69. The van der Waals surface area contributed by atoms with Crippen LogP contribution in [0.25, 0.3) is 0 Å². The van der Waals surface area contributed by atoms with Crippen molar-refractivity contribution in [2.24, 2.45) is 5.92 Å². The summed E-state index contributed by atoms with van der Waals surface area (Å²) < 4.78 is 0. The molecular weight excluding hydrogens is 144 g/mol. The first kappa shape index (κ1) is 9.83. The van der Waals surface area contributed by atoms with E-state index in [-0.39, 0.29) is 0 Å². The molecular formula is C12H22. The summed E-state index contributed by atoms with van der Waals surface area (Å²) in [5.41, 5.74) is 3.47. The van der Waals surface area contributed by atoms with Crippen LogP contribution in [0.15, 0.2) is 11.1 Å². The van der Waals surface area contributed by atoms with Crippen molar-refractivity contribution >= 4 is 0 Å². The van der Waals surface area contributed by atoms with Crippen LogP contribution >= 0.6 is 0 Å². The van der Waals surface area contributed by atoms with Gasteiger partial charge in [0.15, 0.2) is 0 Å². The van der Waals surface area contributed by atoms with Crippen LogP contribution in [-0.2, 0) is 0 Å². The summed E-state index contributed by atoms with van der Waals surface area (Å²) in [6.07, 6.45) is 8.31. The Balaban J connectivity index is 2.48. The molecule has 0 aliphatic heterocycles. The van der Waals surface area contributed by atoms with Crippen LogP contribution in [0.2, 0.25) is 0 Å². The van der Waals surface area contributed by atoms with E-state index in [0.29, 0.717) is 0 Å². The highest BCUT2D eigenvalue weighted by Crippen LogP contribution is 2.29. The third kappa shape index (κ3) is 2.66. The Morgan fingerprint density at radius 1 is 1.25 bits per heavy atom. The molecule has 0 bridgehead atoms. The maximum absolute atomic E-state index is 2.37. The topological polar surface area (TPSA) is 0 Å². The molecule has 12 heavy (non-hydrogen) atoms. The Bertz CT molecular complexity index is 165. The molecule has 0 spiro atoms. The molecule has 0 fully saturated rings. The van der Waals surface area contributed by atoms with Crippen molar-refractivity contribution in [3.8, 4) is 0 Å². The van der Waals surface area contributed by atoms with Gasteiger partial charge in [-0.25, -0.2) is 0 Å². The number of hydrogen-bond donors (Lipinski definition) is 0. The van der Waals surface area contributed by atoms with Crippen molar-refractivity contribution in [2.45, 2.75) is 59.3 Å². The first-order valence-corrected chi connectivity index (χ1v) is 5.41. The van der Waals surface area contributed by atoms with Crippen LogP contribution in [-0.4, -0.2) is 0 Å². The molecule has 0 saturated heterocycles. The Kier molecular flexibility index (Phi) is 3.84. The molecule has 1 aliphatic carbocycles. The zero-order valence-electron chi connectivity index (χ0n) is 8.82. The lowest BCUT2D eigenvalue weighted by Crippen LogP contribution is -2.02. The van der Waals surface area contributed by atoms with E-state index in [1.54, 1.807) is 11.1 Å². The van der Waals surface area contributed by atoms with Crippen molar-refractivity contribution in [1.82, 2.24) is 0 Å². The van der Waals surface area contributed by atoms with Crippen LogP contribution < -0.4 is 0 Å². The Morgan fingerprint density at radius 2 is 1.92 bits per heavy atom. The summed E-state index contributed by atoms with van der Waals surface area (Å²) in [7, 11) is 0. The van der Waals surface area contributed by atoms with Gasteiger partial charge in [0.1, 0.15) is 0 Å². The van der Waals surface area contributed by atoms with Crippen LogP contribution in [0, 0.1) is 5.92 Å². The van der Waals surface area contributed by atoms with Gasteiger partial charge in [-0.1, -0.05) is 31.4 Å². The molecule has 0 nitrogen and oxygen atoms in total. The molecule has 70 valence electrons. The normalized spacial score (nSPS) is 21.2. The molecule has 1 unspecified atom stereocenters. The lowest BCUT2D eigenvalue weighted by Gasteiger charge is -2.20. The average Bonchev–Trinajstić information content (AvgIpc) is 2.09. The van der Waals surface area contributed by atoms with Gasteiger partial charge in [0.25, 0.3) is 0 Å². The van der Waals surface area contributed by atoms with Crippen molar-refractivity contribution < 1.29 is 0 Å². The van der Waals surface area contributed by atoms with E-state index in [1.165, 1.54) is 38.5 Å². The molecule has 0 aromatic heterocycles. The van der Waals surface area contributed by atoms with Crippen molar-refractivity contribution in [2.75, 3.05) is 0 Å². The van der Waals surface area contributed by atoms with Gasteiger partial charge in [-0.3, -0.25) is 0 Å². The highest BCUT2D eigenvalue weighted by Gasteiger charge is 2.11. The van der Waals surface area contributed by atoms with Crippen LogP contribution in [0.1, 0.15) is 59.3 Å². The van der Waals surface area contributed by atoms with Gasteiger partial charge >= 0.3 is 0 Å². The van der Waals surface area contributed by atoms with Gasteiger partial charge in [0, 0.05) is 0 Å². The largest absolute Gasteiger partial charge is 0.0741 e. The second-order valence-corrected chi connectivity index (χ2v) is 4.31. The van der Waals surface area contributed by atoms with Gasteiger partial charge in [0.05, 0.1) is 0 Å². The van der Waals surface area contributed by atoms with Crippen molar-refractivity contribution in [3.05, 3.63) is 11.1 Å². The molecule has 0 aromatic rings. The zero-order valence-corrected chi connectivity index (χ0v) is 8.82.